The van der Waals surface area contributed by atoms with Crippen molar-refractivity contribution in [1.82, 2.24) is 24.6 Å². The Kier molecular flexibility index (Phi) is 4.64. The summed E-state index contributed by atoms with van der Waals surface area (Å²) in [6.07, 6.45) is 4.28. The predicted molar refractivity (Wildman–Crippen MR) is 102 cm³/mol. The summed E-state index contributed by atoms with van der Waals surface area (Å²) in [5, 5.41) is 10.9. The van der Waals surface area contributed by atoms with Crippen molar-refractivity contribution < 1.29 is 19.0 Å². The maximum absolute atomic E-state index is 11.9. The second-order valence-electron chi connectivity index (χ2n) is 7.14. The number of ether oxygens (including phenoxy) is 3. The third kappa shape index (κ3) is 3.45. The van der Waals surface area contributed by atoms with Crippen molar-refractivity contribution in [2.45, 2.75) is 24.3 Å². The largest absolute Gasteiger partial charge is 0.448 e. The number of carbonyl (C=O) groups excluding carboxylic acids is 1. The van der Waals surface area contributed by atoms with E-state index in [1.54, 1.807) is 15.8 Å². The highest BCUT2D eigenvalue weighted by molar-refractivity contribution is 6.32. The van der Waals surface area contributed by atoms with Crippen molar-refractivity contribution in [3.8, 4) is 0 Å². The molecule has 0 bridgehead atoms. The van der Waals surface area contributed by atoms with Crippen LogP contribution in [0.5, 0.6) is 0 Å². The van der Waals surface area contributed by atoms with E-state index >= 15 is 0 Å². The van der Waals surface area contributed by atoms with Crippen LogP contribution in [0.25, 0.3) is 0 Å². The second-order valence-corrected chi connectivity index (χ2v) is 7.55. The molecule has 154 valence electrons. The zero-order chi connectivity index (χ0) is 20.0. The first-order valence-electron chi connectivity index (χ1n) is 9.30. The summed E-state index contributed by atoms with van der Waals surface area (Å²) < 4.78 is 18.6. The van der Waals surface area contributed by atoms with E-state index in [4.69, 9.17) is 25.8 Å². The van der Waals surface area contributed by atoms with Gasteiger partial charge in [0.1, 0.15) is 23.8 Å². The van der Waals surface area contributed by atoms with E-state index in [0.717, 1.165) is 5.69 Å². The zero-order valence-corrected chi connectivity index (χ0v) is 16.4. The number of halogens is 1. The molecule has 4 unspecified atom stereocenters. The molecule has 12 heteroatoms. The number of anilines is 3. The normalized spacial score (nSPS) is 28.5. The van der Waals surface area contributed by atoms with Crippen molar-refractivity contribution in [3.05, 3.63) is 23.6 Å². The number of nitrogens with one attached hydrogen (secondary N) is 2. The van der Waals surface area contributed by atoms with E-state index in [1.165, 1.54) is 6.20 Å². The van der Waals surface area contributed by atoms with Crippen LogP contribution >= 0.6 is 11.6 Å². The van der Waals surface area contributed by atoms with Crippen molar-refractivity contribution >= 4 is 35.1 Å². The molecule has 0 aliphatic carbocycles. The Morgan fingerprint density at radius 3 is 2.86 bits per heavy atom. The standard InChI is InChI=1S/C17H20ClN7O4/c1-24-6-9(4-20-24)21-16-19-5-10(18)15(23-16)22-11-7-28-14-12(8-29-13(11)14)25-2-3-27-17(25)26/h4-6,11-14H,2-3,7-8H2,1H3,(H2,19,21,22,23). The fourth-order valence-corrected chi connectivity index (χ4v) is 4.04. The number of hydrogen-bond acceptors (Lipinski definition) is 9. The van der Waals surface area contributed by atoms with Gasteiger partial charge in [0.05, 0.1) is 49.9 Å². The Hall–Kier alpha value is -2.63. The Labute approximate surface area is 171 Å². The van der Waals surface area contributed by atoms with E-state index < -0.39 is 0 Å². The molecule has 2 aromatic heterocycles. The number of amides is 1. The van der Waals surface area contributed by atoms with Crippen LogP contribution in [0.15, 0.2) is 18.6 Å². The lowest BCUT2D eigenvalue weighted by Crippen LogP contribution is -2.45. The van der Waals surface area contributed by atoms with Gasteiger partial charge in [0.25, 0.3) is 0 Å². The summed E-state index contributed by atoms with van der Waals surface area (Å²) in [5.41, 5.74) is 0.768. The van der Waals surface area contributed by atoms with E-state index in [2.05, 4.69) is 25.7 Å². The number of hydrogen-bond donors (Lipinski definition) is 2. The Morgan fingerprint density at radius 1 is 1.24 bits per heavy atom. The minimum atomic E-state index is -0.316. The molecule has 3 aliphatic heterocycles. The molecule has 0 aromatic carbocycles. The van der Waals surface area contributed by atoms with Gasteiger partial charge in [-0.25, -0.2) is 9.78 Å². The number of nitrogens with zero attached hydrogens (tertiary/aromatic N) is 5. The number of rotatable bonds is 5. The van der Waals surface area contributed by atoms with Crippen LogP contribution in [0.3, 0.4) is 0 Å². The van der Waals surface area contributed by atoms with Crippen molar-refractivity contribution in [2.24, 2.45) is 7.05 Å². The quantitative estimate of drug-likeness (QED) is 0.729. The van der Waals surface area contributed by atoms with Crippen LogP contribution in [-0.4, -0.2) is 81.4 Å². The summed E-state index contributed by atoms with van der Waals surface area (Å²) in [6.45, 7) is 1.78. The fraction of sp³-hybridized carbons (Fsp3) is 0.529. The molecule has 3 aliphatic rings. The molecule has 3 saturated heterocycles. The first-order chi connectivity index (χ1) is 14.1. The SMILES string of the molecule is Cn1cc(Nc2ncc(Cl)c(NC3COC4C3OCC4N3CCOC3=O)n2)cn1. The van der Waals surface area contributed by atoms with E-state index in [1.807, 2.05) is 13.2 Å². The summed E-state index contributed by atoms with van der Waals surface area (Å²) in [4.78, 5) is 22.2. The van der Waals surface area contributed by atoms with Crippen LogP contribution in [0, 0.1) is 0 Å². The van der Waals surface area contributed by atoms with E-state index in [-0.39, 0.29) is 30.4 Å². The van der Waals surface area contributed by atoms with Crippen LogP contribution in [0.1, 0.15) is 0 Å². The molecule has 2 N–H and O–H groups in total. The van der Waals surface area contributed by atoms with Crippen LogP contribution in [-0.2, 0) is 21.3 Å². The molecule has 5 heterocycles. The average Bonchev–Trinajstić information content (AvgIpc) is 3.46. The van der Waals surface area contributed by atoms with Gasteiger partial charge in [-0.15, -0.1) is 0 Å². The summed E-state index contributed by atoms with van der Waals surface area (Å²) in [6, 6.07) is -0.298. The summed E-state index contributed by atoms with van der Waals surface area (Å²) >= 11 is 6.29. The first-order valence-corrected chi connectivity index (χ1v) is 9.67. The monoisotopic (exact) mass is 421 g/mol. The van der Waals surface area contributed by atoms with Gasteiger partial charge in [-0.3, -0.25) is 9.58 Å². The third-order valence-electron chi connectivity index (χ3n) is 5.25. The molecule has 2 aromatic rings. The molecule has 0 radical (unpaired) electrons. The number of aryl methyl sites for hydroxylation is 1. The van der Waals surface area contributed by atoms with Gasteiger partial charge in [-0.2, -0.15) is 10.1 Å². The van der Waals surface area contributed by atoms with Gasteiger partial charge in [0, 0.05) is 13.2 Å². The van der Waals surface area contributed by atoms with Crippen molar-refractivity contribution in [3.63, 3.8) is 0 Å². The molecule has 3 fully saturated rings. The van der Waals surface area contributed by atoms with Crippen molar-refractivity contribution in [2.75, 3.05) is 37.0 Å². The number of aromatic nitrogens is 4. The molecule has 0 saturated carbocycles. The van der Waals surface area contributed by atoms with Gasteiger partial charge in [-0.1, -0.05) is 11.6 Å². The highest BCUT2D eigenvalue weighted by atomic mass is 35.5. The zero-order valence-electron chi connectivity index (χ0n) is 15.6. The fourth-order valence-electron chi connectivity index (χ4n) is 3.90. The highest BCUT2D eigenvalue weighted by Crippen LogP contribution is 2.33. The lowest BCUT2D eigenvalue weighted by Gasteiger charge is -2.24. The summed E-state index contributed by atoms with van der Waals surface area (Å²) in [7, 11) is 1.83. The second kappa shape index (κ2) is 7.32. The van der Waals surface area contributed by atoms with E-state index in [0.29, 0.717) is 43.2 Å². The third-order valence-corrected chi connectivity index (χ3v) is 5.52. The molecule has 1 amide bonds. The molecular weight excluding hydrogens is 402 g/mol. The minimum absolute atomic E-state index is 0.148. The smallest absolute Gasteiger partial charge is 0.410 e. The highest BCUT2D eigenvalue weighted by Gasteiger charge is 2.51. The topological polar surface area (TPSA) is 116 Å². The first kappa shape index (κ1) is 18.4. The Balaban J connectivity index is 1.28. The molecule has 0 spiro atoms. The average molecular weight is 422 g/mol. The molecule has 11 nitrogen and oxygen atoms in total. The van der Waals surface area contributed by atoms with Crippen molar-refractivity contribution in [1.29, 1.82) is 0 Å². The minimum Gasteiger partial charge on any atom is -0.448 e. The molecular formula is C17H20ClN7O4. The van der Waals surface area contributed by atoms with Gasteiger partial charge in [0.2, 0.25) is 5.95 Å². The number of cyclic esters (lactones) is 1. The van der Waals surface area contributed by atoms with E-state index in [9.17, 15) is 4.79 Å². The lowest BCUT2D eigenvalue weighted by atomic mass is 10.1. The maximum Gasteiger partial charge on any atom is 0.410 e. The predicted octanol–water partition coefficient (Wildman–Crippen LogP) is 1.01. The lowest BCUT2D eigenvalue weighted by molar-refractivity contribution is 0.0518. The maximum atomic E-state index is 11.9. The van der Waals surface area contributed by atoms with Gasteiger partial charge in [-0.05, 0) is 0 Å². The Morgan fingerprint density at radius 2 is 2.10 bits per heavy atom. The molecule has 5 rings (SSSR count). The van der Waals surface area contributed by atoms with Crippen LogP contribution in [0.2, 0.25) is 5.02 Å². The number of fused-ring (bicyclic) bond motifs is 1. The summed E-state index contributed by atoms with van der Waals surface area (Å²) in [5.74, 6) is 0.875. The Bertz CT molecular complexity index is 925. The van der Waals surface area contributed by atoms with Crippen LogP contribution in [0.4, 0.5) is 22.2 Å². The van der Waals surface area contributed by atoms with Crippen LogP contribution < -0.4 is 10.6 Å². The van der Waals surface area contributed by atoms with Gasteiger partial charge >= 0.3 is 6.09 Å². The van der Waals surface area contributed by atoms with Gasteiger partial charge in [0.15, 0.2) is 5.82 Å². The molecule has 4 atom stereocenters. The molecule has 29 heavy (non-hydrogen) atoms. The van der Waals surface area contributed by atoms with Gasteiger partial charge < -0.3 is 24.8 Å². The number of carbonyl (C=O) groups is 1.